The van der Waals surface area contributed by atoms with E-state index in [0.29, 0.717) is 0 Å². The molecule has 0 aliphatic carbocycles. The summed E-state index contributed by atoms with van der Waals surface area (Å²) in [5.41, 5.74) is 6.11. The van der Waals surface area contributed by atoms with Gasteiger partial charge in [0, 0.05) is 19.1 Å². The summed E-state index contributed by atoms with van der Waals surface area (Å²) in [5.74, 6) is 1.23. The topological polar surface area (TPSA) is 49.6 Å². The van der Waals surface area contributed by atoms with Crippen LogP contribution >= 0.6 is 12.4 Å². The second-order valence-corrected chi connectivity index (χ2v) is 7.85. The van der Waals surface area contributed by atoms with Crippen LogP contribution in [0.15, 0.2) is 0 Å². The molecule has 2 saturated heterocycles. The van der Waals surface area contributed by atoms with E-state index in [1.807, 2.05) is 4.90 Å². The van der Waals surface area contributed by atoms with Crippen LogP contribution in [0.1, 0.15) is 65.7 Å². The number of halogens is 1. The van der Waals surface area contributed by atoms with Crippen molar-refractivity contribution in [3.63, 3.8) is 0 Å². The molecule has 3 atom stereocenters. The van der Waals surface area contributed by atoms with Crippen LogP contribution in [0.2, 0.25) is 0 Å². The minimum atomic E-state index is -0.314. The van der Waals surface area contributed by atoms with Gasteiger partial charge in [0.1, 0.15) is 0 Å². The molecule has 0 aromatic carbocycles. The lowest BCUT2D eigenvalue weighted by molar-refractivity contribution is -0.135. The van der Waals surface area contributed by atoms with Gasteiger partial charge in [0.15, 0.2) is 0 Å². The fraction of sp³-hybridized carbons (Fsp3) is 0.947. The van der Waals surface area contributed by atoms with Gasteiger partial charge >= 0.3 is 0 Å². The predicted molar refractivity (Wildman–Crippen MR) is 103 cm³/mol. The first-order valence-corrected chi connectivity index (χ1v) is 9.81. The van der Waals surface area contributed by atoms with Gasteiger partial charge in [-0.2, -0.15) is 0 Å². The summed E-state index contributed by atoms with van der Waals surface area (Å²) >= 11 is 0. The monoisotopic (exact) mass is 359 g/mol. The Bertz CT molecular complexity index is 372. The second kappa shape index (κ2) is 10.6. The van der Waals surface area contributed by atoms with E-state index in [2.05, 4.69) is 25.7 Å². The van der Waals surface area contributed by atoms with Crippen molar-refractivity contribution in [1.29, 1.82) is 0 Å². The molecule has 2 aliphatic rings. The minimum Gasteiger partial charge on any atom is -0.341 e. The SMILES string of the molecule is CCC(C)C(N)C(=O)N1CCC(CCN2CCCCC2C)CC1.Cl. The molecule has 0 aromatic heterocycles. The van der Waals surface area contributed by atoms with E-state index in [1.54, 1.807) is 0 Å². The van der Waals surface area contributed by atoms with Crippen molar-refractivity contribution in [2.24, 2.45) is 17.6 Å². The van der Waals surface area contributed by atoms with Crippen molar-refractivity contribution >= 4 is 18.3 Å². The minimum absolute atomic E-state index is 0. The van der Waals surface area contributed by atoms with Gasteiger partial charge in [-0.05, 0) is 64.0 Å². The van der Waals surface area contributed by atoms with E-state index in [-0.39, 0.29) is 30.3 Å². The highest BCUT2D eigenvalue weighted by Crippen LogP contribution is 2.24. The maximum absolute atomic E-state index is 12.4. The largest absolute Gasteiger partial charge is 0.341 e. The van der Waals surface area contributed by atoms with Gasteiger partial charge in [-0.3, -0.25) is 4.79 Å². The van der Waals surface area contributed by atoms with Crippen LogP contribution in [0.4, 0.5) is 0 Å². The second-order valence-electron chi connectivity index (χ2n) is 7.85. The molecule has 0 radical (unpaired) electrons. The van der Waals surface area contributed by atoms with Crippen LogP contribution in [0, 0.1) is 11.8 Å². The molecule has 2 fully saturated rings. The molecular weight excluding hydrogens is 322 g/mol. The van der Waals surface area contributed by atoms with Crippen molar-refractivity contribution in [3.05, 3.63) is 0 Å². The number of hydrogen-bond donors (Lipinski definition) is 1. The molecule has 24 heavy (non-hydrogen) atoms. The van der Waals surface area contributed by atoms with Gasteiger partial charge in [0.2, 0.25) is 5.91 Å². The van der Waals surface area contributed by atoms with Gasteiger partial charge in [-0.1, -0.05) is 26.7 Å². The summed E-state index contributed by atoms with van der Waals surface area (Å²) in [7, 11) is 0. The molecule has 4 nitrogen and oxygen atoms in total. The molecule has 0 saturated carbocycles. The summed E-state index contributed by atoms with van der Waals surface area (Å²) in [6.07, 6.45) is 8.70. The molecule has 0 bridgehead atoms. The third kappa shape index (κ3) is 5.89. The lowest BCUT2D eigenvalue weighted by Gasteiger charge is -2.37. The van der Waals surface area contributed by atoms with E-state index < -0.39 is 0 Å². The molecule has 2 rings (SSSR count). The highest BCUT2D eigenvalue weighted by Gasteiger charge is 2.29. The molecule has 0 spiro atoms. The first kappa shape index (κ1) is 21.7. The zero-order valence-corrected chi connectivity index (χ0v) is 16.7. The highest BCUT2D eigenvalue weighted by atomic mass is 35.5. The van der Waals surface area contributed by atoms with Crippen molar-refractivity contribution in [3.8, 4) is 0 Å². The molecule has 1 amide bonds. The lowest BCUT2D eigenvalue weighted by Crippen LogP contribution is -2.49. The molecule has 5 heteroatoms. The molecule has 2 N–H and O–H groups in total. The fourth-order valence-electron chi connectivity index (χ4n) is 3.99. The van der Waals surface area contributed by atoms with Crippen molar-refractivity contribution in [2.45, 2.75) is 77.8 Å². The van der Waals surface area contributed by atoms with Gasteiger partial charge in [0.05, 0.1) is 6.04 Å². The van der Waals surface area contributed by atoms with Crippen molar-refractivity contribution in [2.75, 3.05) is 26.2 Å². The van der Waals surface area contributed by atoms with Gasteiger partial charge in [-0.15, -0.1) is 12.4 Å². The van der Waals surface area contributed by atoms with Crippen molar-refractivity contribution < 1.29 is 4.79 Å². The van der Waals surface area contributed by atoms with Crippen LogP contribution in [0.3, 0.4) is 0 Å². The van der Waals surface area contributed by atoms with Crippen LogP contribution in [0.25, 0.3) is 0 Å². The Morgan fingerprint density at radius 2 is 1.83 bits per heavy atom. The number of rotatable bonds is 6. The van der Waals surface area contributed by atoms with Crippen molar-refractivity contribution in [1.82, 2.24) is 9.80 Å². The van der Waals surface area contributed by atoms with Gasteiger partial charge in [0.25, 0.3) is 0 Å². The Hall–Kier alpha value is -0.320. The van der Waals surface area contributed by atoms with E-state index in [1.165, 1.54) is 38.8 Å². The Morgan fingerprint density at radius 1 is 1.17 bits per heavy atom. The number of nitrogens with zero attached hydrogens (tertiary/aromatic N) is 2. The quantitative estimate of drug-likeness (QED) is 0.791. The summed E-state index contributed by atoms with van der Waals surface area (Å²) in [6.45, 7) is 10.9. The van der Waals surface area contributed by atoms with Gasteiger partial charge < -0.3 is 15.5 Å². The average molecular weight is 360 g/mol. The van der Waals surface area contributed by atoms with E-state index in [4.69, 9.17) is 5.73 Å². The summed E-state index contributed by atoms with van der Waals surface area (Å²) in [4.78, 5) is 17.1. The molecular formula is C19H38ClN3O. The predicted octanol–water partition coefficient (Wildman–Crippen LogP) is 3.28. The Labute approximate surface area is 154 Å². The lowest BCUT2D eigenvalue weighted by atomic mass is 9.91. The first-order valence-electron chi connectivity index (χ1n) is 9.81. The Balaban J connectivity index is 0.00000288. The maximum Gasteiger partial charge on any atom is 0.239 e. The number of nitrogens with two attached hydrogens (primary N) is 1. The zero-order chi connectivity index (χ0) is 16.8. The summed E-state index contributed by atoms with van der Waals surface area (Å²) < 4.78 is 0. The smallest absolute Gasteiger partial charge is 0.239 e. The number of hydrogen-bond acceptors (Lipinski definition) is 3. The third-order valence-corrected chi connectivity index (χ3v) is 6.23. The maximum atomic E-state index is 12.4. The van der Waals surface area contributed by atoms with E-state index in [0.717, 1.165) is 44.3 Å². The number of amides is 1. The molecule has 142 valence electrons. The van der Waals surface area contributed by atoms with E-state index in [9.17, 15) is 4.79 Å². The number of piperidine rings is 2. The number of likely N-dealkylation sites (tertiary alicyclic amines) is 2. The van der Waals surface area contributed by atoms with Crippen LogP contribution in [-0.4, -0.2) is 54.0 Å². The fourth-order valence-corrected chi connectivity index (χ4v) is 3.99. The molecule has 2 heterocycles. The van der Waals surface area contributed by atoms with Crippen LogP contribution in [-0.2, 0) is 4.79 Å². The zero-order valence-electron chi connectivity index (χ0n) is 15.9. The average Bonchev–Trinajstić information content (AvgIpc) is 2.59. The standard InChI is InChI=1S/C19H37N3O.ClH/c1-4-15(2)18(20)19(23)22-13-9-17(10-14-22)8-12-21-11-6-5-7-16(21)3;/h15-18H,4-14,20H2,1-3H3;1H. The Kier molecular flexibility index (Phi) is 9.61. The first-order chi connectivity index (χ1) is 11.0. The summed E-state index contributed by atoms with van der Waals surface area (Å²) in [6, 6.07) is 0.449. The molecule has 0 aromatic rings. The highest BCUT2D eigenvalue weighted by molar-refractivity contribution is 5.85. The normalized spacial score (nSPS) is 25.8. The van der Waals surface area contributed by atoms with Crippen LogP contribution < -0.4 is 5.73 Å². The van der Waals surface area contributed by atoms with E-state index >= 15 is 0 Å². The summed E-state index contributed by atoms with van der Waals surface area (Å²) in [5, 5.41) is 0. The van der Waals surface area contributed by atoms with Gasteiger partial charge in [-0.25, -0.2) is 0 Å². The third-order valence-electron chi connectivity index (χ3n) is 6.23. The van der Waals surface area contributed by atoms with Crippen LogP contribution in [0.5, 0.6) is 0 Å². The Morgan fingerprint density at radius 3 is 2.42 bits per heavy atom. The molecule has 2 aliphatic heterocycles. The molecule has 3 unspecified atom stereocenters. The number of carbonyl (C=O) groups is 1. The number of carbonyl (C=O) groups excluding carboxylic acids is 1.